The zero-order valence-electron chi connectivity index (χ0n) is 17.2. The van der Waals surface area contributed by atoms with Crippen molar-refractivity contribution in [1.82, 2.24) is 0 Å². The molecule has 0 atom stereocenters. The average molecular weight is 418 g/mol. The van der Waals surface area contributed by atoms with Crippen molar-refractivity contribution in [2.24, 2.45) is 5.10 Å². The van der Waals surface area contributed by atoms with Gasteiger partial charge in [0.15, 0.2) is 0 Å². The molecule has 0 saturated carbocycles. The summed E-state index contributed by atoms with van der Waals surface area (Å²) in [6.07, 6.45) is 0.709. The molecule has 0 unspecified atom stereocenters. The number of nitrogens with one attached hydrogen (secondary N) is 1. The minimum Gasteiger partial charge on any atom is -0.272 e. The number of benzene rings is 3. The van der Waals surface area contributed by atoms with Crippen LogP contribution in [0.2, 0.25) is 0 Å². The largest absolute Gasteiger partial charge is 0.301 e. The van der Waals surface area contributed by atoms with E-state index in [2.05, 4.69) is 17.5 Å². The predicted molar refractivity (Wildman–Crippen MR) is 120 cm³/mol. The van der Waals surface area contributed by atoms with Crippen molar-refractivity contribution in [2.75, 3.05) is 5.43 Å². The maximum atomic E-state index is 11.4. The van der Waals surface area contributed by atoms with E-state index >= 15 is 0 Å². The molecule has 3 aromatic rings. The SMILES string of the molecule is CCC(C(C)=NNc1ccc([N+](=O)[O-])cc1[N+](=O)[O-])(c1ccccc1)c1ccccc1. The summed E-state index contributed by atoms with van der Waals surface area (Å²) >= 11 is 0. The first-order chi connectivity index (χ1) is 14.9. The molecule has 0 radical (unpaired) electrons. The molecule has 0 aromatic heterocycles. The molecule has 3 rings (SSSR count). The predicted octanol–water partition coefficient (Wildman–Crippen LogP) is 5.69. The van der Waals surface area contributed by atoms with Gasteiger partial charge in [0.25, 0.3) is 5.69 Å². The second-order valence-electron chi connectivity index (χ2n) is 7.02. The third-order valence-corrected chi connectivity index (χ3v) is 5.41. The Morgan fingerprint density at radius 2 is 1.45 bits per heavy atom. The Labute approximate surface area is 179 Å². The summed E-state index contributed by atoms with van der Waals surface area (Å²) < 4.78 is 0. The van der Waals surface area contributed by atoms with Gasteiger partial charge in [0.1, 0.15) is 5.69 Å². The van der Waals surface area contributed by atoms with Gasteiger partial charge in [-0.05, 0) is 30.5 Å². The fraction of sp³-hybridized carbons (Fsp3) is 0.174. The average Bonchev–Trinajstić information content (AvgIpc) is 2.79. The lowest BCUT2D eigenvalue weighted by atomic mass is 9.69. The molecule has 0 aliphatic carbocycles. The fourth-order valence-corrected chi connectivity index (χ4v) is 3.81. The van der Waals surface area contributed by atoms with Crippen LogP contribution in [0.3, 0.4) is 0 Å². The van der Waals surface area contributed by atoms with Crippen LogP contribution in [-0.4, -0.2) is 15.6 Å². The van der Waals surface area contributed by atoms with Gasteiger partial charge in [0.2, 0.25) is 0 Å². The van der Waals surface area contributed by atoms with Gasteiger partial charge in [-0.3, -0.25) is 25.7 Å². The van der Waals surface area contributed by atoms with Gasteiger partial charge < -0.3 is 0 Å². The van der Waals surface area contributed by atoms with Gasteiger partial charge in [-0.25, -0.2) is 0 Å². The zero-order chi connectivity index (χ0) is 22.4. The number of hydrazone groups is 1. The topological polar surface area (TPSA) is 111 Å². The Morgan fingerprint density at radius 3 is 1.90 bits per heavy atom. The molecule has 0 spiro atoms. The van der Waals surface area contributed by atoms with Crippen molar-refractivity contribution in [3.8, 4) is 0 Å². The minimum absolute atomic E-state index is 0.0843. The third kappa shape index (κ3) is 4.28. The van der Waals surface area contributed by atoms with Crippen molar-refractivity contribution in [1.29, 1.82) is 0 Å². The molecule has 0 fully saturated rings. The van der Waals surface area contributed by atoms with Crippen LogP contribution in [0.4, 0.5) is 17.1 Å². The number of nitro groups is 2. The molecule has 0 aliphatic heterocycles. The standard InChI is InChI=1S/C23H22N4O4/c1-3-23(18-10-6-4-7-11-18,19-12-8-5-9-13-19)17(2)24-25-21-15-14-20(26(28)29)16-22(21)27(30)31/h4-16,25H,3H2,1-2H3. The fourth-order valence-electron chi connectivity index (χ4n) is 3.81. The normalized spacial score (nSPS) is 11.7. The second kappa shape index (κ2) is 9.17. The van der Waals surface area contributed by atoms with E-state index in [4.69, 9.17) is 0 Å². The van der Waals surface area contributed by atoms with Gasteiger partial charge in [0, 0.05) is 6.07 Å². The highest BCUT2D eigenvalue weighted by molar-refractivity contribution is 5.97. The maximum absolute atomic E-state index is 11.4. The first-order valence-corrected chi connectivity index (χ1v) is 9.74. The first kappa shape index (κ1) is 21.6. The zero-order valence-corrected chi connectivity index (χ0v) is 17.2. The highest BCUT2D eigenvalue weighted by atomic mass is 16.6. The summed E-state index contributed by atoms with van der Waals surface area (Å²) in [5.41, 5.74) is 4.34. The molecular weight excluding hydrogens is 396 g/mol. The van der Waals surface area contributed by atoms with Crippen LogP contribution >= 0.6 is 0 Å². The molecule has 0 saturated heterocycles. The van der Waals surface area contributed by atoms with Crippen LogP contribution in [0.1, 0.15) is 31.4 Å². The number of hydrogen-bond donors (Lipinski definition) is 1. The lowest BCUT2D eigenvalue weighted by Crippen LogP contribution is -2.35. The van der Waals surface area contributed by atoms with E-state index in [1.165, 1.54) is 12.1 Å². The highest BCUT2D eigenvalue weighted by Crippen LogP contribution is 2.37. The van der Waals surface area contributed by atoms with Gasteiger partial charge in [0.05, 0.1) is 27.0 Å². The summed E-state index contributed by atoms with van der Waals surface area (Å²) in [6, 6.07) is 23.3. The van der Waals surface area contributed by atoms with E-state index in [9.17, 15) is 20.2 Å². The number of non-ortho nitro benzene ring substituents is 1. The van der Waals surface area contributed by atoms with E-state index in [1.807, 2.05) is 67.6 Å². The van der Waals surface area contributed by atoms with E-state index in [-0.39, 0.29) is 11.4 Å². The van der Waals surface area contributed by atoms with Gasteiger partial charge >= 0.3 is 5.69 Å². The summed E-state index contributed by atoms with van der Waals surface area (Å²) in [5, 5.41) is 26.9. The molecule has 158 valence electrons. The Kier molecular flexibility index (Phi) is 6.40. The molecule has 0 amide bonds. The number of nitro benzene ring substituents is 2. The molecule has 8 nitrogen and oxygen atoms in total. The summed E-state index contributed by atoms with van der Waals surface area (Å²) in [4.78, 5) is 21.1. The monoisotopic (exact) mass is 418 g/mol. The van der Waals surface area contributed by atoms with Gasteiger partial charge in [-0.15, -0.1) is 0 Å². The minimum atomic E-state index is -0.668. The smallest absolute Gasteiger partial charge is 0.272 e. The Morgan fingerprint density at radius 1 is 0.903 bits per heavy atom. The summed E-state index contributed by atoms with van der Waals surface area (Å²) in [7, 11) is 0. The first-order valence-electron chi connectivity index (χ1n) is 9.74. The van der Waals surface area contributed by atoms with Crippen LogP contribution in [0, 0.1) is 20.2 Å². The number of hydrogen-bond acceptors (Lipinski definition) is 6. The maximum Gasteiger partial charge on any atom is 0.301 e. The van der Waals surface area contributed by atoms with Gasteiger partial charge in [-0.1, -0.05) is 67.6 Å². The third-order valence-electron chi connectivity index (χ3n) is 5.41. The Bertz CT molecular complexity index is 1080. The molecule has 0 aliphatic rings. The van der Waals surface area contributed by atoms with Crippen LogP contribution in [0.25, 0.3) is 0 Å². The van der Waals surface area contributed by atoms with Crippen molar-refractivity contribution in [3.63, 3.8) is 0 Å². The molecule has 0 bridgehead atoms. The van der Waals surface area contributed by atoms with Crippen LogP contribution in [0.5, 0.6) is 0 Å². The number of rotatable bonds is 8. The van der Waals surface area contributed by atoms with E-state index < -0.39 is 20.9 Å². The quantitative estimate of drug-likeness (QED) is 0.287. The van der Waals surface area contributed by atoms with Crippen LogP contribution < -0.4 is 5.43 Å². The van der Waals surface area contributed by atoms with Crippen molar-refractivity contribution >= 4 is 22.8 Å². The van der Waals surface area contributed by atoms with Crippen LogP contribution in [0.15, 0.2) is 84.0 Å². The number of nitrogens with zero attached hydrogens (tertiary/aromatic N) is 3. The van der Waals surface area contributed by atoms with Crippen molar-refractivity contribution in [2.45, 2.75) is 25.7 Å². The molecule has 0 heterocycles. The molecule has 1 N–H and O–H groups in total. The lowest BCUT2D eigenvalue weighted by molar-refractivity contribution is -0.393. The molecule has 8 heteroatoms. The lowest BCUT2D eigenvalue weighted by Gasteiger charge is -2.34. The van der Waals surface area contributed by atoms with E-state index in [1.54, 1.807) is 0 Å². The van der Waals surface area contributed by atoms with Gasteiger partial charge in [-0.2, -0.15) is 5.10 Å². The summed E-state index contributed by atoms with van der Waals surface area (Å²) in [5.74, 6) is 0. The highest BCUT2D eigenvalue weighted by Gasteiger charge is 2.36. The van der Waals surface area contributed by atoms with Crippen LogP contribution in [-0.2, 0) is 5.41 Å². The van der Waals surface area contributed by atoms with E-state index in [0.29, 0.717) is 12.1 Å². The molecule has 31 heavy (non-hydrogen) atoms. The Balaban J connectivity index is 2.08. The van der Waals surface area contributed by atoms with Crippen molar-refractivity contribution in [3.05, 3.63) is 110 Å². The van der Waals surface area contributed by atoms with E-state index in [0.717, 1.165) is 17.2 Å². The number of anilines is 1. The molecular formula is C23H22N4O4. The Hall–Kier alpha value is -4.07. The molecule has 3 aromatic carbocycles. The second-order valence-corrected chi connectivity index (χ2v) is 7.02. The van der Waals surface area contributed by atoms with Crippen molar-refractivity contribution < 1.29 is 9.85 Å². The summed E-state index contributed by atoms with van der Waals surface area (Å²) in [6.45, 7) is 3.93.